The van der Waals surface area contributed by atoms with E-state index < -0.39 is 0 Å². The van der Waals surface area contributed by atoms with E-state index in [9.17, 15) is 0 Å². The van der Waals surface area contributed by atoms with Crippen LogP contribution in [0.4, 0.5) is 0 Å². The Morgan fingerprint density at radius 3 is 2.79 bits per heavy atom. The summed E-state index contributed by atoms with van der Waals surface area (Å²) in [6, 6.07) is 14.4. The maximum Gasteiger partial charge on any atom is 0.131 e. The lowest BCUT2D eigenvalue weighted by Crippen LogP contribution is -2.04. The summed E-state index contributed by atoms with van der Waals surface area (Å²) in [6.45, 7) is 0. The summed E-state index contributed by atoms with van der Waals surface area (Å²) in [5.41, 5.74) is 3.65. The topological polar surface area (TPSA) is 22.1 Å². The van der Waals surface area contributed by atoms with Gasteiger partial charge in [0, 0.05) is 29.1 Å². The second-order valence-electron chi connectivity index (χ2n) is 4.51. The van der Waals surface area contributed by atoms with E-state index in [1.807, 2.05) is 35.8 Å². The van der Waals surface area contributed by atoms with Crippen molar-refractivity contribution in [3.05, 3.63) is 65.2 Å². The zero-order valence-electron chi connectivity index (χ0n) is 10.2. The van der Waals surface area contributed by atoms with Gasteiger partial charge in [-0.1, -0.05) is 30.3 Å². The lowest BCUT2D eigenvalue weighted by molar-refractivity contribution is 0.460. The smallest absolute Gasteiger partial charge is 0.131 e. The molecule has 0 bridgehead atoms. The predicted octanol–water partition coefficient (Wildman–Crippen LogP) is 4.51. The third kappa shape index (κ3) is 1.74. The van der Waals surface area contributed by atoms with Crippen molar-refractivity contribution in [2.75, 3.05) is 0 Å². The maximum absolute atomic E-state index is 5.99. The number of benzene rings is 2. The lowest BCUT2D eigenvalue weighted by atomic mass is 9.96. The highest BCUT2D eigenvalue weighted by atomic mass is 32.1. The molecule has 92 valence electrons. The number of thiazole rings is 1. The second-order valence-corrected chi connectivity index (χ2v) is 5.40. The number of aromatic nitrogens is 1. The van der Waals surface area contributed by atoms with Crippen LogP contribution in [-0.4, -0.2) is 4.98 Å². The van der Waals surface area contributed by atoms with Gasteiger partial charge in [0.25, 0.3) is 0 Å². The number of ether oxygens (including phenoxy) is 1. The second kappa shape index (κ2) is 4.21. The molecule has 3 heteroatoms. The first-order valence-corrected chi connectivity index (χ1v) is 7.07. The fraction of sp³-hybridized carbons (Fsp3) is 0.0625. The molecule has 1 aromatic heterocycles. The summed E-state index contributed by atoms with van der Waals surface area (Å²) < 4.78 is 5.99. The molecule has 0 saturated carbocycles. The Kier molecular flexibility index (Phi) is 2.38. The van der Waals surface area contributed by atoms with Gasteiger partial charge in [0.15, 0.2) is 0 Å². The number of para-hydroxylation sites is 1. The Balaban J connectivity index is 1.88. The van der Waals surface area contributed by atoms with Gasteiger partial charge in [0.1, 0.15) is 16.5 Å². The molecule has 3 aromatic rings. The van der Waals surface area contributed by atoms with Gasteiger partial charge in [0.05, 0.1) is 0 Å². The summed E-state index contributed by atoms with van der Waals surface area (Å²) in [5, 5.41) is 3.06. The summed E-state index contributed by atoms with van der Waals surface area (Å²) >= 11 is 1.66. The summed E-state index contributed by atoms with van der Waals surface area (Å²) in [4.78, 5) is 4.41. The minimum atomic E-state index is 0.904. The van der Waals surface area contributed by atoms with E-state index in [1.54, 1.807) is 11.3 Å². The van der Waals surface area contributed by atoms with Crippen LogP contribution in [0.25, 0.3) is 10.6 Å². The number of hydrogen-bond acceptors (Lipinski definition) is 3. The highest BCUT2D eigenvalue weighted by Crippen LogP contribution is 2.41. The van der Waals surface area contributed by atoms with E-state index in [0.29, 0.717) is 0 Å². The Morgan fingerprint density at radius 1 is 1.00 bits per heavy atom. The molecule has 1 aliphatic rings. The first-order chi connectivity index (χ1) is 9.42. The molecule has 2 heterocycles. The molecule has 0 atom stereocenters. The zero-order chi connectivity index (χ0) is 12.7. The average Bonchev–Trinajstić information content (AvgIpc) is 2.98. The number of nitrogens with zero attached hydrogens (tertiary/aromatic N) is 1. The Labute approximate surface area is 115 Å². The Bertz CT molecular complexity index is 734. The van der Waals surface area contributed by atoms with Crippen LogP contribution in [-0.2, 0) is 6.42 Å². The van der Waals surface area contributed by atoms with Gasteiger partial charge in [0.2, 0.25) is 0 Å². The quantitative estimate of drug-likeness (QED) is 0.505. The van der Waals surface area contributed by atoms with Gasteiger partial charge in [-0.2, -0.15) is 0 Å². The van der Waals surface area contributed by atoms with Crippen LogP contribution in [0.15, 0.2) is 54.0 Å². The van der Waals surface area contributed by atoms with Crippen molar-refractivity contribution in [3.63, 3.8) is 0 Å². The van der Waals surface area contributed by atoms with E-state index in [-0.39, 0.29) is 0 Å². The van der Waals surface area contributed by atoms with E-state index in [0.717, 1.165) is 22.9 Å². The van der Waals surface area contributed by atoms with Crippen LogP contribution >= 0.6 is 11.3 Å². The summed E-state index contributed by atoms with van der Waals surface area (Å²) in [7, 11) is 0. The van der Waals surface area contributed by atoms with Crippen molar-refractivity contribution in [3.8, 4) is 22.1 Å². The van der Waals surface area contributed by atoms with Crippen molar-refractivity contribution < 1.29 is 4.74 Å². The van der Waals surface area contributed by atoms with Gasteiger partial charge in [-0.15, -0.1) is 11.3 Å². The molecule has 0 radical (unpaired) electrons. The molecule has 1 aliphatic heterocycles. The standard InChI is InChI=1S/C16H11NOS/c1-2-6-14-11(4-1)10-13-12(16-17-8-9-19-16)5-3-7-15(13)18-14/h1-9H,10H2. The van der Waals surface area contributed by atoms with Gasteiger partial charge < -0.3 is 4.74 Å². The zero-order valence-corrected chi connectivity index (χ0v) is 11.0. The van der Waals surface area contributed by atoms with Crippen molar-refractivity contribution in [1.29, 1.82) is 0 Å². The van der Waals surface area contributed by atoms with Gasteiger partial charge in [-0.05, 0) is 17.7 Å². The predicted molar refractivity (Wildman–Crippen MR) is 76.9 cm³/mol. The third-order valence-corrected chi connectivity index (χ3v) is 4.16. The Morgan fingerprint density at radius 2 is 1.89 bits per heavy atom. The highest BCUT2D eigenvalue weighted by molar-refractivity contribution is 7.13. The van der Waals surface area contributed by atoms with E-state index >= 15 is 0 Å². The summed E-state index contributed by atoms with van der Waals surface area (Å²) in [5.74, 6) is 1.91. The Hall–Kier alpha value is -2.13. The van der Waals surface area contributed by atoms with Crippen LogP contribution in [0.5, 0.6) is 11.5 Å². The molecule has 0 amide bonds. The molecule has 19 heavy (non-hydrogen) atoms. The fourth-order valence-corrected chi connectivity index (χ4v) is 3.15. The van der Waals surface area contributed by atoms with Gasteiger partial charge in [-0.3, -0.25) is 0 Å². The fourth-order valence-electron chi connectivity index (χ4n) is 2.46. The molecule has 0 N–H and O–H groups in total. The molecular weight excluding hydrogens is 254 g/mol. The minimum Gasteiger partial charge on any atom is -0.457 e. The molecule has 0 spiro atoms. The monoisotopic (exact) mass is 265 g/mol. The SMILES string of the molecule is c1ccc2c(c1)Cc1c(cccc1-c1nccs1)O2. The largest absolute Gasteiger partial charge is 0.457 e. The van der Waals surface area contributed by atoms with Crippen LogP contribution in [0.3, 0.4) is 0 Å². The summed E-state index contributed by atoms with van der Waals surface area (Å²) in [6.07, 6.45) is 2.75. The van der Waals surface area contributed by atoms with E-state index in [1.165, 1.54) is 16.7 Å². The van der Waals surface area contributed by atoms with E-state index in [2.05, 4.69) is 23.2 Å². The van der Waals surface area contributed by atoms with Crippen molar-refractivity contribution in [2.45, 2.75) is 6.42 Å². The number of rotatable bonds is 1. The molecule has 0 aliphatic carbocycles. The first-order valence-electron chi connectivity index (χ1n) is 6.19. The molecule has 0 fully saturated rings. The average molecular weight is 265 g/mol. The molecule has 4 rings (SSSR count). The molecule has 2 aromatic carbocycles. The number of hydrogen-bond donors (Lipinski definition) is 0. The molecule has 0 saturated heterocycles. The number of fused-ring (bicyclic) bond motifs is 2. The van der Waals surface area contributed by atoms with Crippen molar-refractivity contribution >= 4 is 11.3 Å². The van der Waals surface area contributed by atoms with Crippen molar-refractivity contribution in [2.24, 2.45) is 0 Å². The van der Waals surface area contributed by atoms with E-state index in [4.69, 9.17) is 4.74 Å². The van der Waals surface area contributed by atoms with Crippen LogP contribution in [0.2, 0.25) is 0 Å². The lowest BCUT2D eigenvalue weighted by Gasteiger charge is -2.21. The molecule has 2 nitrogen and oxygen atoms in total. The van der Waals surface area contributed by atoms with Gasteiger partial charge >= 0.3 is 0 Å². The minimum absolute atomic E-state index is 0.904. The van der Waals surface area contributed by atoms with Crippen LogP contribution in [0, 0.1) is 0 Å². The van der Waals surface area contributed by atoms with Crippen LogP contribution < -0.4 is 4.74 Å². The first kappa shape index (κ1) is 10.8. The molecule has 0 unspecified atom stereocenters. The van der Waals surface area contributed by atoms with Crippen molar-refractivity contribution in [1.82, 2.24) is 4.98 Å². The van der Waals surface area contributed by atoms with Gasteiger partial charge in [-0.25, -0.2) is 4.98 Å². The molecular formula is C16H11NOS. The normalized spacial score (nSPS) is 12.4. The van der Waals surface area contributed by atoms with Crippen LogP contribution in [0.1, 0.15) is 11.1 Å². The maximum atomic E-state index is 5.99. The highest BCUT2D eigenvalue weighted by Gasteiger charge is 2.20. The third-order valence-electron chi connectivity index (χ3n) is 3.36.